The maximum Gasteiger partial charge on any atom is 0.0541 e. The van der Waals surface area contributed by atoms with Crippen LogP contribution in [-0.2, 0) is 6.54 Å². The number of hydrogen-bond donors (Lipinski definition) is 1. The van der Waals surface area contributed by atoms with Crippen molar-refractivity contribution in [3.63, 3.8) is 0 Å². The van der Waals surface area contributed by atoms with Crippen molar-refractivity contribution in [1.82, 2.24) is 10.3 Å². The first-order chi connectivity index (χ1) is 8.36. The van der Waals surface area contributed by atoms with Gasteiger partial charge in [-0.05, 0) is 30.5 Å². The summed E-state index contributed by atoms with van der Waals surface area (Å²) in [5, 5.41) is 3.54. The fourth-order valence-corrected chi connectivity index (χ4v) is 2.80. The van der Waals surface area contributed by atoms with Crippen LogP contribution in [0.3, 0.4) is 0 Å². The number of aromatic nitrogens is 1. The molecule has 1 atom stereocenters. The molecule has 0 spiro atoms. The fraction of sp³-hybridized carbons (Fsp3) is 0.667. The molecule has 2 heteroatoms. The molecule has 0 radical (unpaired) electrons. The molecule has 2 rings (SSSR count). The van der Waals surface area contributed by atoms with Crippen molar-refractivity contribution in [3.8, 4) is 0 Å². The Bertz CT molecular complexity index is 304. The second kappa shape index (κ2) is 6.75. The van der Waals surface area contributed by atoms with Gasteiger partial charge in [-0.2, -0.15) is 0 Å². The molecule has 1 fully saturated rings. The number of pyridine rings is 1. The summed E-state index contributed by atoms with van der Waals surface area (Å²) in [5.41, 5.74) is 1.14. The molecule has 1 aromatic heterocycles. The van der Waals surface area contributed by atoms with E-state index in [0.717, 1.165) is 30.6 Å². The summed E-state index contributed by atoms with van der Waals surface area (Å²) >= 11 is 0. The van der Waals surface area contributed by atoms with E-state index in [1.165, 1.54) is 32.1 Å². The van der Waals surface area contributed by atoms with Crippen LogP contribution in [0.5, 0.6) is 0 Å². The Morgan fingerprint density at radius 2 is 2.12 bits per heavy atom. The van der Waals surface area contributed by atoms with Crippen molar-refractivity contribution in [3.05, 3.63) is 30.1 Å². The minimum absolute atomic E-state index is 0.805. The summed E-state index contributed by atoms with van der Waals surface area (Å²) in [5.74, 6) is 1.75. The maximum absolute atomic E-state index is 4.33. The lowest BCUT2D eigenvalue weighted by Crippen LogP contribution is -2.27. The molecular weight excluding hydrogens is 208 g/mol. The molecule has 17 heavy (non-hydrogen) atoms. The molecule has 1 saturated carbocycles. The third kappa shape index (κ3) is 4.12. The van der Waals surface area contributed by atoms with Gasteiger partial charge in [-0.15, -0.1) is 0 Å². The molecule has 1 unspecified atom stereocenters. The number of rotatable bonds is 5. The second-order valence-electron chi connectivity index (χ2n) is 5.33. The van der Waals surface area contributed by atoms with Crippen molar-refractivity contribution >= 4 is 0 Å². The molecule has 1 heterocycles. The average molecular weight is 232 g/mol. The maximum atomic E-state index is 4.33. The van der Waals surface area contributed by atoms with Crippen LogP contribution in [0.25, 0.3) is 0 Å². The van der Waals surface area contributed by atoms with E-state index in [1.807, 2.05) is 12.3 Å². The van der Waals surface area contributed by atoms with Gasteiger partial charge in [-0.1, -0.05) is 45.1 Å². The second-order valence-corrected chi connectivity index (χ2v) is 5.33. The van der Waals surface area contributed by atoms with Gasteiger partial charge in [0.15, 0.2) is 0 Å². The van der Waals surface area contributed by atoms with Crippen LogP contribution in [0.1, 0.15) is 44.7 Å². The van der Waals surface area contributed by atoms with Crippen LogP contribution < -0.4 is 5.32 Å². The molecule has 0 aliphatic heterocycles. The van der Waals surface area contributed by atoms with Gasteiger partial charge in [-0.25, -0.2) is 0 Å². The fourth-order valence-electron chi connectivity index (χ4n) is 2.80. The molecule has 0 bridgehead atoms. The quantitative estimate of drug-likeness (QED) is 0.841. The first-order valence-corrected chi connectivity index (χ1v) is 6.97. The number of nitrogens with one attached hydrogen (secondary N) is 1. The average Bonchev–Trinajstić information content (AvgIpc) is 2.41. The van der Waals surface area contributed by atoms with Crippen molar-refractivity contribution in [1.29, 1.82) is 0 Å². The van der Waals surface area contributed by atoms with E-state index >= 15 is 0 Å². The van der Waals surface area contributed by atoms with E-state index in [-0.39, 0.29) is 0 Å². The Kier molecular flexibility index (Phi) is 4.99. The predicted molar refractivity (Wildman–Crippen MR) is 71.7 cm³/mol. The Morgan fingerprint density at radius 3 is 2.82 bits per heavy atom. The van der Waals surface area contributed by atoms with Gasteiger partial charge in [0.2, 0.25) is 0 Å². The predicted octanol–water partition coefficient (Wildman–Crippen LogP) is 3.39. The minimum atomic E-state index is 0.805. The SMILES string of the molecule is CC(CNCc1ccccn1)C1CCCCC1. The van der Waals surface area contributed by atoms with Crippen molar-refractivity contribution in [2.75, 3.05) is 6.54 Å². The van der Waals surface area contributed by atoms with Crippen molar-refractivity contribution < 1.29 is 0 Å². The smallest absolute Gasteiger partial charge is 0.0541 e. The number of hydrogen-bond acceptors (Lipinski definition) is 2. The molecule has 0 aromatic carbocycles. The van der Waals surface area contributed by atoms with Gasteiger partial charge in [0.1, 0.15) is 0 Å². The first kappa shape index (κ1) is 12.6. The Hall–Kier alpha value is -0.890. The summed E-state index contributed by atoms with van der Waals surface area (Å²) in [7, 11) is 0. The molecule has 1 aliphatic rings. The zero-order valence-corrected chi connectivity index (χ0v) is 10.9. The van der Waals surface area contributed by atoms with Crippen LogP contribution in [0.2, 0.25) is 0 Å². The van der Waals surface area contributed by atoms with E-state index in [2.05, 4.69) is 29.4 Å². The zero-order valence-electron chi connectivity index (χ0n) is 10.9. The Morgan fingerprint density at radius 1 is 1.29 bits per heavy atom. The highest BCUT2D eigenvalue weighted by Gasteiger charge is 2.19. The van der Waals surface area contributed by atoms with E-state index in [4.69, 9.17) is 0 Å². The summed E-state index contributed by atoms with van der Waals surface area (Å²) in [6.45, 7) is 4.42. The molecule has 0 amide bonds. The van der Waals surface area contributed by atoms with E-state index in [1.54, 1.807) is 0 Å². The van der Waals surface area contributed by atoms with Gasteiger partial charge < -0.3 is 5.32 Å². The summed E-state index contributed by atoms with van der Waals surface area (Å²) < 4.78 is 0. The number of nitrogens with zero attached hydrogens (tertiary/aromatic N) is 1. The van der Waals surface area contributed by atoms with E-state index in [0.29, 0.717) is 0 Å². The van der Waals surface area contributed by atoms with Crippen LogP contribution in [-0.4, -0.2) is 11.5 Å². The van der Waals surface area contributed by atoms with Crippen LogP contribution in [0.4, 0.5) is 0 Å². The van der Waals surface area contributed by atoms with Crippen LogP contribution in [0, 0.1) is 11.8 Å². The van der Waals surface area contributed by atoms with Crippen molar-refractivity contribution in [2.24, 2.45) is 11.8 Å². The lowest BCUT2D eigenvalue weighted by molar-refractivity contribution is 0.256. The van der Waals surface area contributed by atoms with Crippen LogP contribution >= 0.6 is 0 Å². The lowest BCUT2D eigenvalue weighted by atomic mass is 9.81. The highest BCUT2D eigenvalue weighted by atomic mass is 14.9. The minimum Gasteiger partial charge on any atom is -0.311 e. The topological polar surface area (TPSA) is 24.9 Å². The summed E-state index contributed by atoms with van der Waals surface area (Å²) in [4.78, 5) is 4.33. The molecule has 1 N–H and O–H groups in total. The first-order valence-electron chi connectivity index (χ1n) is 6.97. The third-order valence-corrected chi connectivity index (χ3v) is 3.95. The Labute approximate surface area is 105 Å². The molecular formula is C15H24N2. The molecule has 94 valence electrons. The highest BCUT2D eigenvalue weighted by Crippen LogP contribution is 2.29. The van der Waals surface area contributed by atoms with Crippen LogP contribution in [0.15, 0.2) is 24.4 Å². The normalized spacial score (nSPS) is 19.1. The molecule has 0 saturated heterocycles. The van der Waals surface area contributed by atoms with Gasteiger partial charge in [0, 0.05) is 12.7 Å². The lowest BCUT2D eigenvalue weighted by Gasteiger charge is -2.27. The standard InChI is InChI=1S/C15H24N2/c1-13(14-7-3-2-4-8-14)11-16-12-15-9-5-6-10-17-15/h5-6,9-10,13-14,16H,2-4,7-8,11-12H2,1H3. The molecule has 2 nitrogen and oxygen atoms in total. The highest BCUT2D eigenvalue weighted by molar-refractivity contribution is 5.02. The Balaban J connectivity index is 1.67. The van der Waals surface area contributed by atoms with Gasteiger partial charge in [0.25, 0.3) is 0 Å². The van der Waals surface area contributed by atoms with E-state index in [9.17, 15) is 0 Å². The summed E-state index contributed by atoms with van der Waals surface area (Å²) in [6.07, 6.45) is 9.07. The molecule has 1 aromatic rings. The summed E-state index contributed by atoms with van der Waals surface area (Å²) in [6, 6.07) is 6.10. The van der Waals surface area contributed by atoms with Crippen molar-refractivity contribution in [2.45, 2.75) is 45.6 Å². The monoisotopic (exact) mass is 232 g/mol. The largest absolute Gasteiger partial charge is 0.311 e. The van der Waals surface area contributed by atoms with Gasteiger partial charge in [-0.3, -0.25) is 4.98 Å². The van der Waals surface area contributed by atoms with Gasteiger partial charge in [0.05, 0.1) is 5.69 Å². The van der Waals surface area contributed by atoms with E-state index < -0.39 is 0 Å². The molecule has 1 aliphatic carbocycles. The van der Waals surface area contributed by atoms with Gasteiger partial charge >= 0.3 is 0 Å². The zero-order chi connectivity index (χ0) is 11.9. The third-order valence-electron chi connectivity index (χ3n) is 3.95.